The number of hydrogen-bond acceptors (Lipinski definition) is 6. The average Bonchev–Trinajstić information content (AvgIpc) is 3.13. The average molecular weight is 358 g/mol. The van der Waals surface area contributed by atoms with E-state index >= 15 is 0 Å². The lowest BCUT2D eigenvalue weighted by atomic mass is 10.0. The van der Waals surface area contributed by atoms with Crippen LogP contribution in [0.4, 0.5) is 0 Å². The number of aryl methyl sites for hydroxylation is 1. The zero-order valence-electron chi connectivity index (χ0n) is 13.9. The highest BCUT2D eigenvalue weighted by atomic mass is 32.2. The molecule has 0 unspecified atom stereocenters. The van der Waals surface area contributed by atoms with Gasteiger partial charge in [-0.25, -0.2) is 0 Å². The lowest BCUT2D eigenvalue weighted by Gasteiger charge is -2.05. The third-order valence-corrected chi connectivity index (χ3v) is 6.05. The Balaban J connectivity index is 1.85. The maximum atomic E-state index is 12.7. The van der Waals surface area contributed by atoms with Crippen molar-refractivity contribution < 1.29 is 4.79 Å². The third-order valence-electron chi connectivity index (χ3n) is 3.92. The maximum absolute atomic E-state index is 12.7. The van der Waals surface area contributed by atoms with Crippen molar-refractivity contribution in [2.45, 2.75) is 39.0 Å². The lowest BCUT2D eigenvalue weighted by Crippen LogP contribution is -2.11. The molecule has 0 bridgehead atoms. The predicted molar refractivity (Wildman–Crippen MR) is 101 cm³/mol. The number of Topliss-reactive ketones (excluding diaryl/α,β-unsaturated/α-hetero) is 1. The molecule has 1 fully saturated rings. The van der Waals surface area contributed by atoms with Gasteiger partial charge in [-0.1, -0.05) is 56.8 Å². The minimum absolute atomic E-state index is 0.0447. The van der Waals surface area contributed by atoms with Crippen molar-refractivity contribution in [3.63, 3.8) is 0 Å². The van der Waals surface area contributed by atoms with Crippen LogP contribution in [0, 0.1) is 5.41 Å². The van der Waals surface area contributed by atoms with E-state index in [1.807, 2.05) is 25.1 Å². The lowest BCUT2D eigenvalue weighted by molar-refractivity contribution is -0.114. The van der Waals surface area contributed by atoms with Crippen molar-refractivity contribution in [1.29, 1.82) is 5.41 Å². The summed E-state index contributed by atoms with van der Waals surface area (Å²) in [5.41, 5.74) is 2.25. The number of ketones is 1. The van der Waals surface area contributed by atoms with E-state index in [1.54, 1.807) is 0 Å². The number of aromatic nitrogens is 2. The summed E-state index contributed by atoms with van der Waals surface area (Å²) in [6.07, 6.45) is 2.66. The van der Waals surface area contributed by atoms with Crippen LogP contribution in [0.2, 0.25) is 0 Å². The second-order valence-electron chi connectivity index (χ2n) is 5.98. The molecule has 1 saturated heterocycles. The molecule has 3 rings (SSSR count). The second kappa shape index (κ2) is 6.99. The van der Waals surface area contributed by atoms with E-state index in [0.29, 0.717) is 20.9 Å². The van der Waals surface area contributed by atoms with Gasteiger partial charge in [0.15, 0.2) is 5.78 Å². The Morgan fingerprint density at radius 2 is 1.96 bits per heavy atom. The van der Waals surface area contributed by atoms with Crippen molar-refractivity contribution in [3.8, 4) is 0 Å². The molecule has 124 valence electrons. The van der Waals surface area contributed by atoms with Gasteiger partial charge >= 0.3 is 0 Å². The Morgan fingerprint density at radius 1 is 1.25 bits per heavy atom. The van der Waals surface area contributed by atoms with Crippen LogP contribution in [0.5, 0.6) is 0 Å². The van der Waals surface area contributed by atoms with Gasteiger partial charge in [0.2, 0.25) is 0 Å². The Kier molecular flexibility index (Phi) is 4.96. The van der Waals surface area contributed by atoms with Gasteiger partial charge in [0.25, 0.3) is 0 Å². The first-order chi connectivity index (χ1) is 11.5. The van der Waals surface area contributed by atoms with Crippen LogP contribution in [0.25, 0.3) is 6.08 Å². The molecule has 1 aromatic carbocycles. The number of carbonyl (C=O) groups excluding carboxylic acids is 1. The molecule has 1 N–H and O–H groups in total. The summed E-state index contributed by atoms with van der Waals surface area (Å²) in [4.78, 5) is 13.3. The Morgan fingerprint density at radius 3 is 2.54 bits per heavy atom. The van der Waals surface area contributed by atoms with Crippen LogP contribution in [0.15, 0.2) is 29.2 Å². The Labute approximate surface area is 149 Å². The fourth-order valence-corrected chi connectivity index (χ4v) is 4.42. The maximum Gasteiger partial charge on any atom is 0.186 e. The second-order valence-corrected chi connectivity index (χ2v) is 8.16. The number of rotatable bonds is 4. The van der Waals surface area contributed by atoms with Crippen LogP contribution >= 0.6 is 23.1 Å². The van der Waals surface area contributed by atoms with Gasteiger partial charge in [-0.3, -0.25) is 10.2 Å². The van der Waals surface area contributed by atoms with E-state index in [1.165, 1.54) is 28.7 Å². The first kappa shape index (κ1) is 17.0. The highest BCUT2D eigenvalue weighted by Crippen LogP contribution is 2.41. The van der Waals surface area contributed by atoms with Gasteiger partial charge in [-0.15, -0.1) is 21.5 Å². The predicted octanol–water partition coefficient (Wildman–Crippen LogP) is 4.64. The van der Waals surface area contributed by atoms with Crippen molar-refractivity contribution in [1.82, 2.24) is 10.2 Å². The van der Waals surface area contributed by atoms with Crippen LogP contribution < -0.4 is 0 Å². The molecule has 1 aromatic heterocycles. The van der Waals surface area contributed by atoms with Crippen LogP contribution in [0.1, 0.15) is 53.7 Å². The molecule has 0 spiro atoms. The minimum Gasteiger partial charge on any atom is -0.297 e. The van der Waals surface area contributed by atoms with Gasteiger partial charge in [0.1, 0.15) is 15.9 Å². The number of nitrogens with zero attached hydrogens (tertiary/aromatic N) is 2. The van der Waals surface area contributed by atoms with Crippen LogP contribution in [-0.4, -0.2) is 21.0 Å². The minimum atomic E-state index is -0.575. The molecule has 0 saturated carbocycles. The molecule has 6 heteroatoms. The molecule has 0 amide bonds. The largest absolute Gasteiger partial charge is 0.297 e. The van der Waals surface area contributed by atoms with Crippen molar-refractivity contribution >= 4 is 40.0 Å². The van der Waals surface area contributed by atoms with E-state index < -0.39 is 5.92 Å². The fourth-order valence-electron chi connectivity index (χ4n) is 2.47. The first-order valence-electron chi connectivity index (χ1n) is 7.94. The highest BCUT2D eigenvalue weighted by molar-refractivity contribution is 8.19. The smallest absolute Gasteiger partial charge is 0.186 e. The summed E-state index contributed by atoms with van der Waals surface area (Å²) in [7, 11) is 0. The summed E-state index contributed by atoms with van der Waals surface area (Å²) >= 11 is 2.66. The number of allylic oxidation sites excluding steroid dienone is 1. The molecule has 2 heterocycles. The summed E-state index contributed by atoms with van der Waals surface area (Å²) in [5, 5.41) is 18.2. The first-order valence-corrected chi connectivity index (χ1v) is 9.57. The molecule has 4 nitrogen and oxygen atoms in total. The molecular formula is C18H19N3OS2. The zero-order valence-corrected chi connectivity index (χ0v) is 15.5. The van der Waals surface area contributed by atoms with E-state index in [-0.39, 0.29) is 5.78 Å². The molecule has 0 aliphatic carbocycles. The van der Waals surface area contributed by atoms with Gasteiger partial charge in [0.05, 0.1) is 9.95 Å². The Hall–Kier alpha value is -1.79. The van der Waals surface area contributed by atoms with Gasteiger partial charge in [0, 0.05) is 0 Å². The molecule has 2 aromatic rings. The SMILES string of the molecule is CCc1nnc([C@@H]2C(=N)S/C(=C\c3ccc(C(C)C)cc3)C2=O)s1. The summed E-state index contributed by atoms with van der Waals surface area (Å²) in [5.74, 6) is -0.136. The van der Waals surface area contributed by atoms with E-state index in [9.17, 15) is 4.79 Å². The van der Waals surface area contributed by atoms with Crippen LogP contribution in [0.3, 0.4) is 0 Å². The number of nitrogens with one attached hydrogen (secondary N) is 1. The van der Waals surface area contributed by atoms with Crippen molar-refractivity contribution in [2.24, 2.45) is 0 Å². The summed E-state index contributed by atoms with van der Waals surface area (Å²) in [6.45, 7) is 6.32. The number of thioether (sulfide) groups is 1. The summed E-state index contributed by atoms with van der Waals surface area (Å²) in [6, 6.07) is 8.21. The monoisotopic (exact) mass is 357 g/mol. The number of carbonyl (C=O) groups is 1. The van der Waals surface area contributed by atoms with E-state index in [2.05, 4.69) is 36.2 Å². The molecule has 1 aliphatic heterocycles. The van der Waals surface area contributed by atoms with Gasteiger partial charge in [-0.05, 0) is 29.5 Å². The highest BCUT2D eigenvalue weighted by Gasteiger charge is 2.39. The van der Waals surface area contributed by atoms with E-state index in [0.717, 1.165) is 17.0 Å². The normalized spacial score (nSPS) is 19.7. The fraction of sp³-hybridized carbons (Fsp3) is 0.333. The van der Waals surface area contributed by atoms with Gasteiger partial charge < -0.3 is 0 Å². The number of hydrogen-bond donors (Lipinski definition) is 1. The van der Waals surface area contributed by atoms with Crippen LogP contribution in [-0.2, 0) is 11.2 Å². The quantitative estimate of drug-likeness (QED) is 0.809. The summed E-state index contributed by atoms with van der Waals surface area (Å²) < 4.78 is 0. The molecule has 1 atom stereocenters. The van der Waals surface area contributed by atoms with Crippen molar-refractivity contribution in [2.75, 3.05) is 0 Å². The van der Waals surface area contributed by atoms with E-state index in [4.69, 9.17) is 5.41 Å². The molecule has 1 aliphatic rings. The topological polar surface area (TPSA) is 66.7 Å². The number of benzene rings is 1. The zero-order chi connectivity index (χ0) is 17.3. The standard InChI is InChI=1S/C18H19N3OS2/c1-4-14-20-21-18(24-14)15-16(22)13(23-17(15)19)9-11-5-7-12(8-6-11)10(2)3/h5-10,15,19H,4H2,1-3H3/b13-9-,19-17?/t15-/m0/s1. The molecule has 24 heavy (non-hydrogen) atoms. The Bertz CT molecular complexity index is 806. The molecule has 0 radical (unpaired) electrons. The molecular weight excluding hydrogens is 338 g/mol. The van der Waals surface area contributed by atoms with Gasteiger partial charge in [-0.2, -0.15) is 0 Å². The third kappa shape index (κ3) is 3.35. The van der Waals surface area contributed by atoms with Crippen molar-refractivity contribution in [3.05, 3.63) is 50.3 Å².